The Balaban J connectivity index is 2.33. The van der Waals surface area contributed by atoms with Gasteiger partial charge in [0.2, 0.25) is 10.0 Å². The van der Waals surface area contributed by atoms with Crippen molar-refractivity contribution >= 4 is 21.4 Å². The van der Waals surface area contributed by atoms with Gasteiger partial charge in [0.25, 0.3) is 0 Å². The van der Waals surface area contributed by atoms with Crippen LogP contribution >= 0.6 is 11.3 Å². The van der Waals surface area contributed by atoms with E-state index < -0.39 is 10.0 Å². The number of aryl methyl sites for hydroxylation is 1. The van der Waals surface area contributed by atoms with Crippen molar-refractivity contribution in [3.8, 4) is 0 Å². The van der Waals surface area contributed by atoms with E-state index in [-0.39, 0.29) is 6.54 Å². The number of sulfonamides is 1. The van der Waals surface area contributed by atoms with E-state index in [1.54, 1.807) is 12.3 Å². The molecule has 21 heavy (non-hydrogen) atoms. The second kappa shape index (κ2) is 6.65. The summed E-state index contributed by atoms with van der Waals surface area (Å²) in [4.78, 5) is 6.19. The number of nitrogens with two attached hydrogens (primary N) is 1. The van der Waals surface area contributed by atoms with Crippen molar-refractivity contribution in [2.45, 2.75) is 31.8 Å². The predicted molar refractivity (Wildman–Crippen MR) is 84.5 cm³/mol. The van der Waals surface area contributed by atoms with Gasteiger partial charge in [-0.2, -0.15) is 4.31 Å². The number of aromatic nitrogens is 1. The molecule has 2 N–H and O–H groups in total. The number of nitrogens with zero attached hydrogens (tertiary/aromatic N) is 2. The molecule has 0 aliphatic carbocycles. The van der Waals surface area contributed by atoms with Crippen molar-refractivity contribution < 1.29 is 8.42 Å². The number of hydrogen-bond donors (Lipinski definition) is 1. The van der Waals surface area contributed by atoms with E-state index in [0.717, 1.165) is 15.4 Å². The molecule has 2 heterocycles. The molecule has 114 valence electrons. The normalized spacial score (nSPS) is 12.0. The second-order valence-corrected chi connectivity index (χ2v) is 7.84. The summed E-state index contributed by atoms with van der Waals surface area (Å²) in [5, 5.41) is 0. The first-order valence-electron chi connectivity index (χ1n) is 6.68. The standard InChI is InChI=1S/C14H19N3O2S2/c1-3-17(10-12-6-4-5-7-16-12)21(18,19)14-8-13(9-15)20-11(14)2/h4-8H,3,9-10,15H2,1-2H3. The summed E-state index contributed by atoms with van der Waals surface area (Å²) in [5.41, 5.74) is 6.33. The maximum Gasteiger partial charge on any atom is 0.244 e. The van der Waals surface area contributed by atoms with Crippen LogP contribution in [-0.2, 0) is 23.1 Å². The maximum absolute atomic E-state index is 12.8. The molecule has 0 aliphatic heterocycles. The third kappa shape index (κ3) is 3.49. The highest BCUT2D eigenvalue weighted by molar-refractivity contribution is 7.89. The summed E-state index contributed by atoms with van der Waals surface area (Å²) >= 11 is 1.43. The van der Waals surface area contributed by atoms with Gasteiger partial charge < -0.3 is 5.73 Å². The van der Waals surface area contributed by atoms with E-state index in [1.165, 1.54) is 15.6 Å². The van der Waals surface area contributed by atoms with Gasteiger partial charge in [0.1, 0.15) is 0 Å². The molecule has 2 aromatic rings. The van der Waals surface area contributed by atoms with Crippen molar-refractivity contribution in [3.05, 3.63) is 45.9 Å². The minimum absolute atomic E-state index is 0.271. The lowest BCUT2D eigenvalue weighted by Crippen LogP contribution is -2.30. The number of pyridine rings is 1. The fourth-order valence-corrected chi connectivity index (χ4v) is 4.96. The average Bonchev–Trinajstić information content (AvgIpc) is 2.87. The Hall–Kier alpha value is -1.28. The number of hydrogen-bond acceptors (Lipinski definition) is 5. The SMILES string of the molecule is CCN(Cc1ccccn1)S(=O)(=O)c1cc(CN)sc1C. The fraction of sp³-hybridized carbons (Fsp3) is 0.357. The molecule has 5 nitrogen and oxygen atoms in total. The molecule has 0 aliphatic rings. The molecule has 0 atom stereocenters. The monoisotopic (exact) mass is 325 g/mol. The molecule has 0 saturated heterocycles. The van der Waals surface area contributed by atoms with Crippen LogP contribution in [0.2, 0.25) is 0 Å². The lowest BCUT2D eigenvalue weighted by Gasteiger charge is -2.20. The Morgan fingerprint density at radius 2 is 2.14 bits per heavy atom. The third-order valence-electron chi connectivity index (χ3n) is 3.16. The van der Waals surface area contributed by atoms with Crippen molar-refractivity contribution in [2.24, 2.45) is 5.73 Å². The highest BCUT2D eigenvalue weighted by Gasteiger charge is 2.26. The summed E-state index contributed by atoms with van der Waals surface area (Å²) < 4.78 is 27.0. The van der Waals surface area contributed by atoms with Gasteiger partial charge in [0.15, 0.2) is 0 Å². The predicted octanol–water partition coefficient (Wildman–Crippen LogP) is 2.12. The van der Waals surface area contributed by atoms with Crippen molar-refractivity contribution in [1.82, 2.24) is 9.29 Å². The number of rotatable bonds is 6. The highest BCUT2D eigenvalue weighted by atomic mass is 32.2. The molecule has 7 heteroatoms. The van der Waals surface area contributed by atoms with Gasteiger partial charge in [-0.3, -0.25) is 4.98 Å². The Bertz CT molecular complexity index is 696. The Morgan fingerprint density at radius 3 is 2.67 bits per heavy atom. The smallest absolute Gasteiger partial charge is 0.244 e. The van der Waals surface area contributed by atoms with E-state index in [2.05, 4.69) is 4.98 Å². The molecule has 0 aromatic carbocycles. The van der Waals surface area contributed by atoms with Crippen LogP contribution in [0.25, 0.3) is 0 Å². The maximum atomic E-state index is 12.8. The average molecular weight is 325 g/mol. The summed E-state index contributed by atoms with van der Waals surface area (Å²) in [7, 11) is -3.52. The molecule has 2 rings (SSSR count). The van der Waals surface area contributed by atoms with Crippen molar-refractivity contribution in [3.63, 3.8) is 0 Å². The van der Waals surface area contributed by atoms with Crippen molar-refractivity contribution in [2.75, 3.05) is 6.54 Å². The Labute approximate surface area is 129 Å². The lowest BCUT2D eigenvalue weighted by molar-refractivity contribution is 0.419. The van der Waals surface area contributed by atoms with Gasteiger partial charge in [0, 0.05) is 29.0 Å². The van der Waals surface area contributed by atoms with Gasteiger partial charge in [-0.15, -0.1) is 11.3 Å². The van der Waals surface area contributed by atoms with Gasteiger partial charge in [-0.05, 0) is 25.1 Å². The van der Waals surface area contributed by atoms with Gasteiger partial charge in [-0.1, -0.05) is 13.0 Å². The molecule has 0 amide bonds. The van der Waals surface area contributed by atoms with Crippen LogP contribution in [0.15, 0.2) is 35.4 Å². The quantitative estimate of drug-likeness (QED) is 0.882. The van der Waals surface area contributed by atoms with Crippen LogP contribution in [0.5, 0.6) is 0 Å². The third-order valence-corrected chi connectivity index (χ3v) is 6.41. The zero-order valence-corrected chi connectivity index (χ0v) is 13.7. The highest BCUT2D eigenvalue weighted by Crippen LogP contribution is 2.28. The van der Waals surface area contributed by atoms with Crippen LogP contribution in [-0.4, -0.2) is 24.3 Å². The van der Waals surface area contributed by atoms with Crippen molar-refractivity contribution in [1.29, 1.82) is 0 Å². The van der Waals surface area contributed by atoms with Crippen LogP contribution in [0.4, 0.5) is 0 Å². The van der Waals surface area contributed by atoms with E-state index >= 15 is 0 Å². The molecule has 2 aromatic heterocycles. The van der Waals surface area contributed by atoms with E-state index in [9.17, 15) is 8.42 Å². The molecule has 0 radical (unpaired) electrons. The topological polar surface area (TPSA) is 76.3 Å². The first-order chi connectivity index (χ1) is 9.98. The minimum atomic E-state index is -3.52. The molecule has 0 fully saturated rings. The number of thiophene rings is 1. The van der Waals surface area contributed by atoms with E-state index in [0.29, 0.717) is 18.0 Å². The lowest BCUT2D eigenvalue weighted by atomic mass is 10.3. The second-order valence-electron chi connectivity index (χ2n) is 4.59. The van der Waals surface area contributed by atoms with Gasteiger partial charge in [-0.25, -0.2) is 8.42 Å². The van der Waals surface area contributed by atoms with Crippen LogP contribution in [0, 0.1) is 6.92 Å². The summed E-state index contributed by atoms with van der Waals surface area (Å²) in [6, 6.07) is 7.16. The van der Waals surface area contributed by atoms with Crippen LogP contribution in [0.1, 0.15) is 22.4 Å². The van der Waals surface area contributed by atoms with E-state index in [4.69, 9.17) is 5.73 Å². The minimum Gasteiger partial charge on any atom is -0.326 e. The summed E-state index contributed by atoms with van der Waals surface area (Å²) in [6.45, 7) is 4.66. The molecule has 0 unspecified atom stereocenters. The zero-order valence-electron chi connectivity index (χ0n) is 12.1. The molecule has 0 bridgehead atoms. The fourth-order valence-electron chi connectivity index (χ4n) is 2.06. The molecule has 0 saturated carbocycles. The first kappa shape index (κ1) is 16.1. The van der Waals surface area contributed by atoms with Crippen LogP contribution in [0.3, 0.4) is 0 Å². The largest absolute Gasteiger partial charge is 0.326 e. The van der Waals surface area contributed by atoms with Crippen LogP contribution < -0.4 is 5.73 Å². The first-order valence-corrected chi connectivity index (χ1v) is 8.94. The Kier molecular flexibility index (Phi) is 5.10. The summed E-state index contributed by atoms with van der Waals surface area (Å²) in [6.07, 6.45) is 1.66. The van der Waals surface area contributed by atoms with Gasteiger partial charge in [0.05, 0.1) is 17.1 Å². The Morgan fingerprint density at radius 1 is 1.38 bits per heavy atom. The molecule has 0 spiro atoms. The molecular formula is C14H19N3O2S2. The zero-order chi connectivity index (χ0) is 15.5. The van der Waals surface area contributed by atoms with E-state index in [1.807, 2.05) is 32.0 Å². The summed E-state index contributed by atoms with van der Waals surface area (Å²) in [5.74, 6) is 0. The molecular weight excluding hydrogens is 306 g/mol. The van der Waals surface area contributed by atoms with Gasteiger partial charge >= 0.3 is 0 Å².